The van der Waals surface area contributed by atoms with E-state index in [1.165, 1.54) is 0 Å². The van der Waals surface area contributed by atoms with Crippen molar-refractivity contribution in [3.05, 3.63) is 0 Å². The number of nitrogens with one attached hydrogen (secondary N) is 1. The van der Waals surface area contributed by atoms with E-state index in [4.69, 9.17) is 0 Å². The van der Waals surface area contributed by atoms with Gasteiger partial charge in [0.1, 0.15) is 12.6 Å². The van der Waals surface area contributed by atoms with Crippen LogP contribution in [0.4, 0.5) is 13.2 Å². The summed E-state index contributed by atoms with van der Waals surface area (Å²) in [6, 6.07) is -1.29. The standard InChI is InChI=1S/C7H7F3N2O3/c1-3-5(14)11-4(13)2-12(3)6(15)7(8,9)10/h3H,2H2,1H3,(H,11,13,14). The lowest BCUT2D eigenvalue weighted by Crippen LogP contribution is -2.60. The fraction of sp³-hybridized carbons (Fsp3) is 0.571. The van der Waals surface area contributed by atoms with Gasteiger partial charge in [0, 0.05) is 0 Å². The molecule has 1 atom stereocenters. The quantitative estimate of drug-likeness (QED) is 0.560. The number of carbonyl (C=O) groups is 3. The van der Waals surface area contributed by atoms with Crippen molar-refractivity contribution in [1.29, 1.82) is 0 Å². The van der Waals surface area contributed by atoms with Crippen molar-refractivity contribution in [3.63, 3.8) is 0 Å². The Morgan fingerprint density at radius 3 is 2.47 bits per heavy atom. The van der Waals surface area contributed by atoms with Gasteiger partial charge >= 0.3 is 12.1 Å². The second-order valence-corrected chi connectivity index (χ2v) is 3.02. The third-order valence-corrected chi connectivity index (χ3v) is 1.93. The lowest BCUT2D eigenvalue weighted by Gasteiger charge is -2.31. The molecule has 0 aromatic carbocycles. The number of hydrogen-bond acceptors (Lipinski definition) is 3. The fourth-order valence-corrected chi connectivity index (χ4v) is 1.13. The van der Waals surface area contributed by atoms with Crippen LogP contribution in [0, 0.1) is 0 Å². The van der Waals surface area contributed by atoms with Crippen LogP contribution in [-0.2, 0) is 14.4 Å². The molecule has 0 aromatic heterocycles. The van der Waals surface area contributed by atoms with Gasteiger partial charge in [-0.3, -0.25) is 19.7 Å². The second kappa shape index (κ2) is 3.52. The minimum absolute atomic E-state index is 0.196. The van der Waals surface area contributed by atoms with E-state index in [0.717, 1.165) is 6.92 Å². The summed E-state index contributed by atoms with van der Waals surface area (Å²) in [5.74, 6) is -4.02. The van der Waals surface area contributed by atoms with Crippen molar-refractivity contribution in [2.45, 2.75) is 19.1 Å². The third-order valence-electron chi connectivity index (χ3n) is 1.93. The Balaban J connectivity index is 2.89. The maximum absolute atomic E-state index is 12.0. The molecule has 15 heavy (non-hydrogen) atoms. The Hall–Kier alpha value is -1.60. The Morgan fingerprint density at radius 1 is 1.47 bits per heavy atom. The summed E-state index contributed by atoms with van der Waals surface area (Å²) in [5, 5.41) is 1.83. The molecule has 84 valence electrons. The van der Waals surface area contributed by atoms with E-state index in [2.05, 4.69) is 0 Å². The largest absolute Gasteiger partial charge is 0.471 e. The second-order valence-electron chi connectivity index (χ2n) is 3.02. The minimum atomic E-state index is -5.08. The molecule has 8 heteroatoms. The van der Waals surface area contributed by atoms with Crippen molar-refractivity contribution >= 4 is 17.7 Å². The van der Waals surface area contributed by atoms with E-state index in [9.17, 15) is 27.6 Å². The van der Waals surface area contributed by atoms with Crippen LogP contribution in [-0.4, -0.2) is 41.4 Å². The maximum Gasteiger partial charge on any atom is 0.471 e. The summed E-state index contributed by atoms with van der Waals surface area (Å²) in [5.41, 5.74) is 0. The maximum atomic E-state index is 12.0. The molecule has 1 N–H and O–H groups in total. The highest BCUT2D eigenvalue weighted by molar-refractivity contribution is 6.04. The van der Waals surface area contributed by atoms with E-state index < -0.39 is 36.5 Å². The van der Waals surface area contributed by atoms with Gasteiger partial charge in [0.05, 0.1) is 0 Å². The first-order valence-electron chi connectivity index (χ1n) is 3.95. The molecule has 0 bridgehead atoms. The molecule has 3 amide bonds. The molecule has 1 fully saturated rings. The van der Waals surface area contributed by atoms with Gasteiger partial charge in [-0.25, -0.2) is 0 Å². The van der Waals surface area contributed by atoms with Gasteiger partial charge < -0.3 is 4.90 Å². The number of alkyl halides is 3. The average Bonchev–Trinajstić information content (AvgIpc) is 2.08. The molecule has 0 aliphatic carbocycles. The van der Waals surface area contributed by atoms with Gasteiger partial charge in [0.25, 0.3) is 0 Å². The summed E-state index contributed by atoms with van der Waals surface area (Å²) < 4.78 is 36.1. The number of nitrogens with zero attached hydrogens (tertiary/aromatic N) is 1. The van der Waals surface area contributed by atoms with Crippen molar-refractivity contribution in [2.24, 2.45) is 0 Å². The number of rotatable bonds is 0. The van der Waals surface area contributed by atoms with E-state index in [1.54, 1.807) is 0 Å². The third kappa shape index (κ3) is 2.25. The summed E-state index contributed by atoms with van der Waals surface area (Å²) in [7, 11) is 0. The van der Waals surface area contributed by atoms with Gasteiger partial charge in [-0.15, -0.1) is 0 Å². The van der Waals surface area contributed by atoms with E-state index in [-0.39, 0.29) is 4.90 Å². The zero-order valence-corrected chi connectivity index (χ0v) is 7.59. The molecule has 1 aliphatic rings. The highest BCUT2D eigenvalue weighted by Crippen LogP contribution is 2.20. The molecule has 5 nitrogen and oxygen atoms in total. The lowest BCUT2D eigenvalue weighted by atomic mass is 10.2. The predicted molar refractivity (Wildman–Crippen MR) is 40.4 cm³/mol. The minimum Gasteiger partial charge on any atom is -0.314 e. The number of hydrogen-bond donors (Lipinski definition) is 1. The van der Waals surface area contributed by atoms with Gasteiger partial charge in [-0.1, -0.05) is 0 Å². The van der Waals surface area contributed by atoms with Gasteiger partial charge in [0.2, 0.25) is 11.8 Å². The van der Waals surface area contributed by atoms with Crippen molar-refractivity contribution in [1.82, 2.24) is 10.2 Å². The van der Waals surface area contributed by atoms with Crippen molar-refractivity contribution in [2.75, 3.05) is 6.54 Å². The van der Waals surface area contributed by atoms with E-state index in [0.29, 0.717) is 0 Å². The zero-order valence-electron chi connectivity index (χ0n) is 7.59. The normalized spacial score (nSPS) is 22.7. The predicted octanol–water partition coefficient (Wildman–Crippen LogP) is -0.578. The molecule has 0 spiro atoms. The first-order chi connectivity index (χ1) is 6.73. The summed E-state index contributed by atoms with van der Waals surface area (Å²) in [6.45, 7) is 0.358. The molecule has 0 radical (unpaired) electrons. The highest BCUT2D eigenvalue weighted by atomic mass is 19.4. The zero-order chi connectivity index (χ0) is 11.8. The van der Waals surface area contributed by atoms with Crippen LogP contribution in [0.15, 0.2) is 0 Å². The molecule has 1 saturated heterocycles. The van der Waals surface area contributed by atoms with Crippen LogP contribution in [0.25, 0.3) is 0 Å². The molecule has 0 aromatic rings. The van der Waals surface area contributed by atoms with Crippen molar-refractivity contribution < 1.29 is 27.6 Å². The lowest BCUT2D eigenvalue weighted by molar-refractivity contribution is -0.189. The number of piperazine rings is 1. The van der Waals surface area contributed by atoms with Gasteiger partial charge in [-0.05, 0) is 6.92 Å². The monoisotopic (exact) mass is 224 g/mol. The fourth-order valence-electron chi connectivity index (χ4n) is 1.13. The summed E-state index contributed by atoms with van der Waals surface area (Å²) in [6.07, 6.45) is -5.08. The first kappa shape index (κ1) is 11.5. The van der Waals surface area contributed by atoms with Crippen LogP contribution in [0.2, 0.25) is 0 Å². The molecular weight excluding hydrogens is 217 g/mol. The van der Waals surface area contributed by atoms with Crippen molar-refractivity contribution in [3.8, 4) is 0 Å². The smallest absolute Gasteiger partial charge is 0.314 e. The van der Waals surface area contributed by atoms with Crippen LogP contribution >= 0.6 is 0 Å². The Morgan fingerprint density at radius 2 is 2.00 bits per heavy atom. The Bertz CT molecular complexity index is 326. The SMILES string of the molecule is CC1C(=O)NC(=O)CN1C(=O)C(F)(F)F. The van der Waals surface area contributed by atoms with E-state index >= 15 is 0 Å². The van der Waals surface area contributed by atoms with Crippen LogP contribution in [0.5, 0.6) is 0 Å². The van der Waals surface area contributed by atoms with Crippen LogP contribution < -0.4 is 5.32 Å². The highest BCUT2D eigenvalue weighted by Gasteiger charge is 2.47. The number of carbonyl (C=O) groups excluding carboxylic acids is 3. The Kier molecular flexibility index (Phi) is 2.69. The number of halogens is 3. The van der Waals surface area contributed by atoms with E-state index in [1.807, 2.05) is 5.32 Å². The molecule has 1 aliphatic heterocycles. The summed E-state index contributed by atoms with van der Waals surface area (Å²) in [4.78, 5) is 32.7. The number of imide groups is 1. The molecule has 0 saturated carbocycles. The molecule has 1 heterocycles. The number of amides is 3. The first-order valence-corrected chi connectivity index (χ1v) is 3.95. The molecule has 1 unspecified atom stereocenters. The molecular formula is C7H7F3N2O3. The van der Waals surface area contributed by atoms with Gasteiger partial charge in [0.15, 0.2) is 0 Å². The summed E-state index contributed by atoms with van der Waals surface area (Å²) >= 11 is 0. The Labute approximate surface area is 82.2 Å². The van der Waals surface area contributed by atoms with Crippen LogP contribution in [0.1, 0.15) is 6.92 Å². The average molecular weight is 224 g/mol. The topological polar surface area (TPSA) is 66.5 Å². The van der Waals surface area contributed by atoms with Gasteiger partial charge in [-0.2, -0.15) is 13.2 Å². The molecule has 1 rings (SSSR count). The van der Waals surface area contributed by atoms with Crippen LogP contribution in [0.3, 0.4) is 0 Å².